The molecule has 0 aromatic heterocycles. The van der Waals surface area contributed by atoms with Crippen LogP contribution in [-0.4, -0.2) is 43.8 Å². The van der Waals surface area contributed by atoms with Crippen molar-refractivity contribution < 1.29 is 28.5 Å². The number of fused-ring (bicyclic) bond motifs is 2. The average molecular weight is 649 g/mol. The fraction of sp³-hybridized carbons (Fsp3) is 0.634. The number of esters is 1. The summed E-state index contributed by atoms with van der Waals surface area (Å²) < 4.78 is 30.6. The Labute approximate surface area is 284 Å². The SMILES string of the molecule is COC(=O)CCCCCCCC/C=C/CCCCC12CCC(OCc3ccccc3)[C@H](O1)[C@H](CCCCCOCc1ccccc1)O2. The molecule has 0 saturated carbocycles. The van der Waals surface area contributed by atoms with Gasteiger partial charge in [-0.1, -0.05) is 111 Å². The molecule has 0 radical (unpaired) electrons. The van der Waals surface area contributed by atoms with E-state index >= 15 is 0 Å². The standard InChI is InChI=1S/C41H60O6/c1-43-39(42)28-20-10-8-6-4-2-3-5-7-9-11-21-30-41-31-29-37(45-34-36-25-17-13-18-26-36)40(47-41)38(46-41)27-19-14-22-32-44-33-35-23-15-12-16-24-35/h5,7,12-13,15-18,23-26,37-38,40H,2-4,6,8-11,14,19-22,27-34H2,1H3/b7-5+/t37?,38-,40-,41?/m0/s1. The first-order chi connectivity index (χ1) is 23.2. The Morgan fingerprint density at radius 2 is 1.40 bits per heavy atom. The lowest BCUT2D eigenvalue weighted by Crippen LogP contribution is -2.43. The number of carbonyl (C=O) groups is 1. The number of allylic oxidation sites excluding steroid dienone is 2. The third kappa shape index (κ3) is 14.2. The molecule has 6 nitrogen and oxygen atoms in total. The molecule has 4 atom stereocenters. The van der Waals surface area contributed by atoms with Crippen LogP contribution in [0, 0.1) is 0 Å². The van der Waals surface area contributed by atoms with Gasteiger partial charge in [-0.25, -0.2) is 0 Å². The Morgan fingerprint density at radius 1 is 0.766 bits per heavy atom. The van der Waals surface area contributed by atoms with E-state index in [-0.39, 0.29) is 24.3 Å². The van der Waals surface area contributed by atoms with Gasteiger partial charge < -0.3 is 23.7 Å². The summed E-state index contributed by atoms with van der Waals surface area (Å²) >= 11 is 0. The third-order valence-electron chi connectivity index (χ3n) is 9.53. The second-order valence-corrected chi connectivity index (χ2v) is 13.4. The van der Waals surface area contributed by atoms with Gasteiger partial charge in [-0.05, 0) is 68.9 Å². The summed E-state index contributed by atoms with van der Waals surface area (Å²) in [6.45, 7) is 2.09. The van der Waals surface area contributed by atoms with Gasteiger partial charge in [-0.15, -0.1) is 0 Å². The molecule has 0 amide bonds. The lowest BCUT2D eigenvalue weighted by molar-refractivity contribution is -0.221. The minimum absolute atomic E-state index is 0.00883. The molecule has 2 aliphatic rings. The quantitative estimate of drug-likeness (QED) is 0.0607. The number of unbranched alkanes of at least 4 members (excludes halogenated alkanes) is 10. The molecule has 260 valence electrons. The monoisotopic (exact) mass is 648 g/mol. The highest BCUT2D eigenvalue weighted by atomic mass is 16.8. The van der Waals surface area contributed by atoms with Gasteiger partial charge >= 0.3 is 5.97 Å². The average Bonchev–Trinajstić information content (AvgIpc) is 3.40. The normalized spacial score (nSPS) is 22.2. The number of hydrogen-bond donors (Lipinski definition) is 0. The van der Waals surface area contributed by atoms with E-state index in [2.05, 4.69) is 60.7 Å². The second-order valence-electron chi connectivity index (χ2n) is 13.4. The number of methoxy groups -OCH3 is 1. The Balaban J connectivity index is 1.11. The largest absolute Gasteiger partial charge is 0.469 e. The number of carbonyl (C=O) groups excluding carboxylic acids is 1. The lowest BCUT2D eigenvalue weighted by atomic mass is 9.94. The molecule has 4 rings (SSSR count). The number of rotatable bonds is 25. The minimum atomic E-state index is -0.443. The zero-order valence-electron chi connectivity index (χ0n) is 29.0. The fourth-order valence-corrected chi connectivity index (χ4v) is 6.80. The van der Waals surface area contributed by atoms with Crippen molar-refractivity contribution in [2.75, 3.05) is 13.7 Å². The van der Waals surface area contributed by atoms with Crippen LogP contribution in [0.15, 0.2) is 72.8 Å². The van der Waals surface area contributed by atoms with Gasteiger partial charge in [0.2, 0.25) is 0 Å². The van der Waals surface area contributed by atoms with Crippen molar-refractivity contribution in [3.05, 3.63) is 83.9 Å². The molecule has 2 aliphatic heterocycles. The molecule has 0 spiro atoms. The van der Waals surface area contributed by atoms with Gasteiger partial charge in [0.05, 0.1) is 32.5 Å². The maximum absolute atomic E-state index is 11.2. The van der Waals surface area contributed by atoms with Crippen LogP contribution in [0.5, 0.6) is 0 Å². The van der Waals surface area contributed by atoms with Crippen molar-refractivity contribution in [1.29, 1.82) is 0 Å². The molecule has 2 heterocycles. The first kappa shape index (κ1) is 37.3. The van der Waals surface area contributed by atoms with Gasteiger partial charge in [0.1, 0.15) is 6.10 Å². The Morgan fingerprint density at radius 3 is 2.13 bits per heavy atom. The zero-order chi connectivity index (χ0) is 32.8. The van der Waals surface area contributed by atoms with E-state index in [4.69, 9.17) is 23.7 Å². The van der Waals surface area contributed by atoms with Gasteiger partial charge in [0.25, 0.3) is 0 Å². The maximum atomic E-state index is 11.2. The van der Waals surface area contributed by atoms with Crippen molar-refractivity contribution in [2.45, 2.75) is 153 Å². The van der Waals surface area contributed by atoms with Crippen LogP contribution in [0.3, 0.4) is 0 Å². The first-order valence-electron chi connectivity index (χ1n) is 18.5. The summed E-state index contributed by atoms with van der Waals surface area (Å²) in [5, 5.41) is 0. The molecule has 47 heavy (non-hydrogen) atoms. The number of ether oxygens (including phenoxy) is 5. The molecule has 6 heteroatoms. The topological polar surface area (TPSA) is 63.2 Å². The zero-order valence-corrected chi connectivity index (χ0v) is 29.0. The van der Waals surface area contributed by atoms with E-state index in [1.165, 1.54) is 43.9 Å². The maximum Gasteiger partial charge on any atom is 0.305 e. The van der Waals surface area contributed by atoms with E-state index < -0.39 is 5.79 Å². The minimum Gasteiger partial charge on any atom is -0.469 e. The first-order valence-corrected chi connectivity index (χ1v) is 18.5. The van der Waals surface area contributed by atoms with Crippen LogP contribution >= 0.6 is 0 Å². The van der Waals surface area contributed by atoms with E-state index in [0.29, 0.717) is 19.6 Å². The molecule has 2 saturated heterocycles. The van der Waals surface area contributed by atoms with Gasteiger partial charge in [0.15, 0.2) is 5.79 Å². The van der Waals surface area contributed by atoms with E-state index in [0.717, 1.165) is 90.1 Å². The Hall–Kier alpha value is -2.51. The molecule has 0 aliphatic carbocycles. The highest BCUT2D eigenvalue weighted by Crippen LogP contribution is 2.45. The summed E-state index contributed by atoms with van der Waals surface area (Å²) in [5.74, 6) is -0.535. The summed E-state index contributed by atoms with van der Waals surface area (Å²) in [6.07, 6.45) is 24.2. The van der Waals surface area contributed by atoms with E-state index in [9.17, 15) is 4.79 Å². The highest BCUT2D eigenvalue weighted by Gasteiger charge is 2.53. The lowest BCUT2D eigenvalue weighted by Gasteiger charge is -2.35. The molecular formula is C41H60O6. The van der Waals surface area contributed by atoms with Gasteiger partial charge in [-0.2, -0.15) is 0 Å². The van der Waals surface area contributed by atoms with Crippen molar-refractivity contribution >= 4 is 5.97 Å². The summed E-state index contributed by atoms with van der Waals surface area (Å²) in [7, 11) is 1.46. The molecule has 2 unspecified atom stereocenters. The number of hydrogen-bond acceptors (Lipinski definition) is 6. The predicted octanol–water partition coefficient (Wildman–Crippen LogP) is 10.0. The van der Waals surface area contributed by atoms with Crippen molar-refractivity contribution in [1.82, 2.24) is 0 Å². The van der Waals surface area contributed by atoms with Crippen LogP contribution in [-0.2, 0) is 41.7 Å². The van der Waals surface area contributed by atoms with Crippen LogP contribution in [0.4, 0.5) is 0 Å². The van der Waals surface area contributed by atoms with E-state index in [1.807, 2.05) is 12.1 Å². The van der Waals surface area contributed by atoms with Crippen molar-refractivity contribution in [3.63, 3.8) is 0 Å². The molecule has 2 aromatic carbocycles. The summed E-state index contributed by atoms with van der Waals surface area (Å²) in [6, 6.07) is 20.8. The van der Waals surface area contributed by atoms with Gasteiger partial charge in [-0.3, -0.25) is 4.79 Å². The molecule has 2 bridgehead atoms. The molecule has 2 aromatic rings. The fourth-order valence-electron chi connectivity index (χ4n) is 6.80. The Bertz CT molecular complexity index is 1120. The second kappa shape index (κ2) is 22.2. The third-order valence-corrected chi connectivity index (χ3v) is 9.53. The van der Waals surface area contributed by atoms with Crippen LogP contribution in [0.2, 0.25) is 0 Å². The van der Waals surface area contributed by atoms with Crippen molar-refractivity contribution in [3.8, 4) is 0 Å². The molecular weight excluding hydrogens is 588 g/mol. The number of benzene rings is 2. The summed E-state index contributed by atoms with van der Waals surface area (Å²) in [4.78, 5) is 11.2. The van der Waals surface area contributed by atoms with Crippen LogP contribution < -0.4 is 0 Å². The van der Waals surface area contributed by atoms with Crippen LogP contribution in [0.1, 0.15) is 127 Å². The highest BCUT2D eigenvalue weighted by molar-refractivity contribution is 5.68. The van der Waals surface area contributed by atoms with Crippen molar-refractivity contribution in [2.24, 2.45) is 0 Å². The predicted molar refractivity (Wildman–Crippen MR) is 188 cm³/mol. The van der Waals surface area contributed by atoms with E-state index in [1.54, 1.807) is 0 Å². The smallest absolute Gasteiger partial charge is 0.305 e. The van der Waals surface area contributed by atoms with Crippen LogP contribution in [0.25, 0.3) is 0 Å². The Kier molecular flexibility index (Phi) is 17.6. The molecule has 0 N–H and O–H groups in total. The molecule has 2 fully saturated rings. The van der Waals surface area contributed by atoms with Gasteiger partial charge in [0, 0.05) is 25.9 Å². The summed E-state index contributed by atoms with van der Waals surface area (Å²) in [5.41, 5.74) is 2.43.